The van der Waals surface area contributed by atoms with E-state index in [0.29, 0.717) is 12.5 Å². The predicted molar refractivity (Wildman–Crippen MR) is 64.8 cm³/mol. The lowest BCUT2D eigenvalue weighted by Crippen LogP contribution is -2.00. The molecule has 0 atom stereocenters. The molecule has 0 spiro atoms. The van der Waals surface area contributed by atoms with Gasteiger partial charge in [0.05, 0.1) is 12.2 Å². The molecule has 2 rings (SSSR count). The fourth-order valence-electron chi connectivity index (χ4n) is 1.63. The van der Waals surface area contributed by atoms with Crippen LogP contribution in [0.25, 0.3) is 11.4 Å². The zero-order chi connectivity index (χ0) is 12.3. The molecule has 0 fully saturated rings. The Hall–Kier alpha value is -1.91. The second-order valence-corrected chi connectivity index (χ2v) is 3.62. The van der Waals surface area contributed by atoms with E-state index in [2.05, 4.69) is 15.1 Å². The van der Waals surface area contributed by atoms with Crippen LogP contribution in [0.15, 0.2) is 18.3 Å². The fourth-order valence-corrected chi connectivity index (χ4v) is 1.63. The molecule has 2 aromatic heterocycles. The molecule has 0 aliphatic carbocycles. The molecule has 0 N–H and O–H groups in total. The van der Waals surface area contributed by atoms with Crippen molar-refractivity contribution < 1.29 is 4.74 Å². The SMILES string of the molecule is CCOc1ncccc1-c1nc(CC)nn1C. The lowest BCUT2D eigenvalue weighted by molar-refractivity contribution is 0.328. The van der Waals surface area contributed by atoms with Crippen LogP contribution in [0.5, 0.6) is 5.88 Å². The third-order valence-corrected chi connectivity index (χ3v) is 2.42. The monoisotopic (exact) mass is 232 g/mol. The van der Waals surface area contributed by atoms with Gasteiger partial charge in [-0.2, -0.15) is 5.10 Å². The number of nitrogens with zero attached hydrogens (tertiary/aromatic N) is 4. The van der Waals surface area contributed by atoms with Crippen molar-refractivity contribution in [2.45, 2.75) is 20.3 Å². The minimum absolute atomic E-state index is 0.586. The summed E-state index contributed by atoms with van der Waals surface area (Å²) in [4.78, 5) is 8.69. The molecule has 0 amide bonds. The summed E-state index contributed by atoms with van der Waals surface area (Å²) >= 11 is 0. The summed E-state index contributed by atoms with van der Waals surface area (Å²) in [6.07, 6.45) is 2.53. The van der Waals surface area contributed by atoms with Crippen molar-refractivity contribution in [3.05, 3.63) is 24.2 Å². The van der Waals surface area contributed by atoms with Crippen molar-refractivity contribution in [1.82, 2.24) is 19.7 Å². The van der Waals surface area contributed by atoms with Gasteiger partial charge in [-0.25, -0.2) is 14.6 Å². The van der Waals surface area contributed by atoms with E-state index < -0.39 is 0 Å². The van der Waals surface area contributed by atoms with E-state index in [1.54, 1.807) is 10.9 Å². The smallest absolute Gasteiger partial charge is 0.224 e. The predicted octanol–water partition coefficient (Wildman–Crippen LogP) is 1.84. The summed E-state index contributed by atoms with van der Waals surface area (Å²) in [5, 5.41) is 4.33. The largest absolute Gasteiger partial charge is 0.477 e. The Balaban J connectivity index is 2.47. The van der Waals surface area contributed by atoms with Gasteiger partial charge in [0.2, 0.25) is 5.88 Å². The third kappa shape index (κ3) is 2.27. The summed E-state index contributed by atoms with van der Waals surface area (Å²) in [7, 11) is 1.88. The molecule has 0 aromatic carbocycles. The van der Waals surface area contributed by atoms with Crippen LogP contribution in [-0.2, 0) is 13.5 Å². The summed E-state index contributed by atoms with van der Waals surface area (Å²) in [5.74, 6) is 2.22. The van der Waals surface area contributed by atoms with E-state index in [1.807, 2.05) is 33.0 Å². The number of aryl methyl sites for hydroxylation is 2. The standard InChI is InChI=1S/C12H16N4O/c1-4-10-14-11(16(3)15-10)9-7-6-8-13-12(9)17-5-2/h6-8H,4-5H2,1-3H3. The van der Waals surface area contributed by atoms with Gasteiger partial charge in [0, 0.05) is 19.7 Å². The van der Waals surface area contributed by atoms with Crippen molar-refractivity contribution in [2.75, 3.05) is 6.61 Å². The first-order valence-electron chi connectivity index (χ1n) is 5.74. The molecular formula is C12H16N4O. The van der Waals surface area contributed by atoms with Crippen LogP contribution < -0.4 is 4.74 Å². The maximum Gasteiger partial charge on any atom is 0.224 e. The summed E-state index contributed by atoms with van der Waals surface area (Å²) in [6, 6.07) is 3.82. The van der Waals surface area contributed by atoms with Crippen molar-refractivity contribution in [2.24, 2.45) is 7.05 Å². The van der Waals surface area contributed by atoms with Crippen LogP contribution in [-0.4, -0.2) is 26.4 Å². The van der Waals surface area contributed by atoms with Gasteiger partial charge < -0.3 is 4.74 Å². The molecule has 0 radical (unpaired) electrons. The molecule has 0 saturated carbocycles. The second kappa shape index (κ2) is 4.95. The highest BCUT2D eigenvalue weighted by Crippen LogP contribution is 2.25. The number of pyridine rings is 1. The average molecular weight is 232 g/mol. The molecule has 0 saturated heterocycles. The minimum Gasteiger partial charge on any atom is -0.477 e. The van der Waals surface area contributed by atoms with E-state index in [0.717, 1.165) is 23.6 Å². The number of aromatic nitrogens is 4. The van der Waals surface area contributed by atoms with Crippen LogP contribution in [0.2, 0.25) is 0 Å². The Morgan fingerprint density at radius 3 is 2.82 bits per heavy atom. The molecule has 0 aliphatic rings. The molecule has 17 heavy (non-hydrogen) atoms. The number of hydrogen-bond acceptors (Lipinski definition) is 4. The highest BCUT2D eigenvalue weighted by Gasteiger charge is 2.13. The van der Waals surface area contributed by atoms with Gasteiger partial charge in [-0.05, 0) is 19.1 Å². The average Bonchev–Trinajstić information content (AvgIpc) is 2.72. The Kier molecular flexibility index (Phi) is 3.37. The first-order chi connectivity index (χ1) is 8.26. The molecule has 2 aromatic rings. The van der Waals surface area contributed by atoms with Crippen molar-refractivity contribution >= 4 is 0 Å². The minimum atomic E-state index is 0.586. The van der Waals surface area contributed by atoms with Crippen LogP contribution in [0.4, 0.5) is 0 Å². The molecule has 0 aliphatic heterocycles. The Labute approximate surface area is 100 Å². The molecule has 0 unspecified atom stereocenters. The number of hydrogen-bond donors (Lipinski definition) is 0. The van der Waals surface area contributed by atoms with Crippen LogP contribution in [0.1, 0.15) is 19.7 Å². The van der Waals surface area contributed by atoms with E-state index >= 15 is 0 Å². The van der Waals surface area contributed by atoms with Crippen LogP contribution in [0, 0.1) is 0 Å². The quantitative estimate of drug-likeness (QED) is 0.807. The lowest BCUT2D eigenvalue weighted by atomic mass is 10.2. The summed E-state index contributed by atoms with van der Waals surface area (Å²) in [5.41, 5.74) is 0.879. The van der Waals surface area contributed by atoms with Gasteiger partial charge in [-0.1, -0.05) is 6.92 Å². The Bertz CT molecular complexity index is 507. The molecular weight excluding hydrogens is 216 g/mol. The first-order valence-corrected chi connectivity index (χ1v) is 5.74. The molecule has 90 valence electrons. The van der Waals surface area contributed by atoms with E-state index in [1.165, 1.54) is 0 Å². The van der Waals surface area contributed by atoms with Gasteiger partial charge in [-0.15, -0.1) is 0 Å². The normalized spacial score (nSPS) is 10.5. The highest BCUT2D eigenvalue weighted by molar-refractivity contribution is 5.61. The first kappa shape index (κ1) is 11.6. The zero-order valence-electron chi connectivity index (χ0n) is 10.3. The maximum atomic E-state index is 5.50. The van der Waals surface area contributed by atoms with Crippen LogP contribution >= 0.6 is 0 Å². The van der Waals surface area contributed by atoms with Crippen molar-refractivity contribution in [3.8, 4) is 17.3 Å². The van der Waals surface area contributed by atoms with E-state index in [4.69, 9.17) is 4.74 Å². The topological polar surface area (TPSA) is 52.8 Å². The lowest BCUT2D eigenvalue weighted by Gasteiger charge is -2.07. The third-order valence-electron chi connectivity index (χ3n) is 2.42. The zero-order valence-corrected chi connectivity index (χ0v) is 10.3. The second-order valence-electron chi connectivity index (χ2n) is 3.62. The number of rotatable bonds is 4. The van der Waals surface area contributed by atoms with Crippen molar-refractivity contribution in [3.63, 3.8) is 0 Å². The Morgan fingerprint density at radius 1 is 1.35 bits per heavy atom. The number of ether oxygens (including phenoxy) is 1. The summed E-state index contributed by atoms with van der Waals surface area (Å²) in [6.45, 7) is 4.56. The van der Waals surface area contributed by atoms with Gasteiger partial charge in [0.15, 0.2) is 11.6 Å². The van der Waals surface area contributed by atoms with Crippen molar-refractivity contribution in [1.29, 1.82) is 0 Å². The summed E-state index contributed by atoms with van der Waals surface area (Å²) < 4.78 is 7.26. The highest BCUT2D eigenvalue weighted by atomic mass is 16.5. The molecule has 0 bridgehead atoms. The molecule has 5 heteroatoms. The maximum absolute atomic E-state index is 5.50. The van der Waals surface area contributed by atoms with E-state index in [-0.39, 0.29) is 0 Å². The van der Waals surface area contributed by atoms with Gasteiger partial charge in [0.25, 0.3) is 0 Å². The van der Waals surface area contributed by atoms with Crippen LogP contribution in [0.3, 0.4) is 0 Å². The molecule has 5 nitrogen and oxygen atoms in total. The van der Waals surface area contributed by atoms with E-state index in [9.17, 15) is 0 Å². The molecule has 2 heterocycles. The fraction of sp³-hybridized carbons (Fsp3) is 0.417. The van der Waals surface area contributed by atoms with Gasteiger partial charge >= 0.3 is 0 Å². The van der Waals surface area contributed by atoms with Gasteiger partial charge in [0.1, 0.15) is 0 Å². The van der Waals surface area contributed by atoms with Gasteiger partial charge in [-0.3, -0.25) is 0 Å². The Morgan fingerprint density at radius 2 is 2.18 bits per heavy atom.